The van der Waals surface area contributed by atoms with Gasteiger partial charge in [-0.3, -0.25) is 25.2 Å². The number of hydrogen-bond acceptors (Lipinski definition) is 17. The second kappa shape index (κ2) is 22.2. The number of methoxy groups -OCH3 is 4. The number of hydrogen-bond donors (Lipinski definition) is 4. The first-order chi connectivity index (χ1) is 26.6. The maximum atomic E-state index is 12.6. The second-order valence-corrected chi connectivity index (χ2v) is 10.8. The molecule has 288 valence electrons. The number of nitrogens with one attached hydrogen (secondary N) is 4. The van der Waals surface area contributed by atoms with Crippen LogP contribution in [0.5, 0.6) is 0 Å². The lowest BCUT2D eigenvalue weighted by Gasteiger charge is -2.18. The van der Waals surface area contributed by atoms with Gasteiger partial charge in [0.15, 0.2) is 6.29 Å². The molecule has 4 rings (SSSR count). The van der Waals surface area contributed by atoms with Crippen LogP contribution in [0.15, 0.2) is 49.1 Å². The number of aldehydes is 1. The number of nitrogens with zero attached hydrogens (tertiary/aromatic N) is 10. The molecule has 21 heteroatoms. The van der Waals surface area contributed by atoms with Gasteiger partial charge in [-0.15, -0.1) is 0 Å². The molecule has 0 fully saturated rings. The summed E-state index contributed by atoms with van der Waals surface area (Å²) >= 11 is 0. The van der Waals surface area contributed by atoms with Crippen LogP contribution in [-0.4, -0.2) is 117 Å². The number of nitriles is 2. The molecule has 0 saturated heterocycles. The van der Waals surface area contributed by atoms with Gasteiger partial charge >= 0.3 is 12.1 Å². The van der Waals surface area contributed by atoms with Crippen molar-refractivity contribution in [2.24, 2.45) is 0 Å². The highest BCUT2D eigenvalue weighted by molar-refractivity contribution is 6.00. The topological polar surface area (TPSA) is 268 Å². The van der Waals surface area contributed by atoms with Crippen LogP contribution >= 0.6 is 0 Å². The average Bonchev–Trinajstić information content (AvgIpc) is 3.21. The van der Waals surface area contributed by atoms with E-state index in [2.05, 4.69) is 51.2 Å². The van der Waals surface area contributed by atoms with Crippen molar-refractivity contribution in [2.45, 2.75) is 6.29 Å². The van der Waals surface area contributed by atoms with E-state index in [0.29, 0.717) is 60.8 Å². The first-order valence-corrected chi connectivity index (χ1v) is 16.1. The monoisotopic (exact) mass is 756 g/mol. The van der Waals surface area contributed by atoms with Gasteiger partial charge in [-0.25, -0.2) is 39.5 Å². The van der Waals surface area contributed by atoms with Crippen LogP contribution in [-0.2, 0) is 18.9 Å². The first kappa shape index (κ1) is 42.5. The smallest absolute Gasteiger partial charge is 0.329 e. The molecule has 0 radical (unpaired) electrons. The Balaban J connectivity index is 0.000000297. The number of amides is 4. The number of urea groups is 2. The van der Waals surface area contributed by atoms with E-state index in [-0.39, 0.29) is 29.2 Å². The standard InChI is InChI=1S/C18H23N7O4.C16H17N7O3/c1-25(17-21-6-5-13(23-17)16(28-3)29-4)18(26)24-15-9-14(20-7-8-27-2)12(10-19)11-22-15;1-23(15-19-4-3-12(10-24)21-15)16(25)22-14-7-13(18-5-6-26-2)11(8-17)9-20-14/h5-6,9,11,16H,7-8H2,1-4H3,(H2,20,22,24,26);3-4,7,9-10H,5-6H2,1-2H3,(H2,18,20,22,25). The van der Waals surface area contributed by atoms with Crippen molar-refractivity contribution in [1.82, 2.24) is 29.9 Å². The minimum atomic E-state index is -0.672. The Bertz CT molecular complexity index is 1980. The summed E-state index contributed by atoms with van der Waals surface area (Å²) in [7, 11) is 9.11. The normalized spacial score (nSPS) is 10.2. The fourth-order valence-corrected chi connectivity index (χ4v) is 4.24. The van der Waals surface area contributed by atoms with Gasteiger partial charge in [0.05, 0.1) is 35.7 Å². The lowest BCUT2D eigenvalue weighted by atomic mass is 10.2. The number of carbonyl (C=O) groups excluding carboxylic acids is 3. The fraction of sp³-hybridized carbons (Fsp3) is 0.324. The van der Waals surface area contributed by atoms with Crippen molar-refractivity contribution in [1.29, 1.82) is 10.5 Å². The number of pyridine rings is 2. The summed E-state index contributed by atoms with van der Waals surface area (Å²) in [6.45, 7) is 1.93. The van der Waals surface area contributed by atoms with Gasteiger partial charge in [0.2, 0.25) is 18.2 Å². The van der Waals surface area contributed by atoms with Crippen molar-refractivity contribution < 1.29 is 33.3 Å². The molecule has 0 saturated carbocycles. The van der Waals surface area contributed by atoms with Gasteiger partial charge < -0.3 is 29.6 Å². The predicted molar refractivity (Wildman–Crippen MR) is 200 cm³/mol. The first-order valence-electron chi connectivity index (χ1n) is 16.1. The Morgan fingerprint density at radius 3 is 1.67 bits per heavy atom. The van der Waals surface area contributed by atoms with Gasteiger partial charge in [-0.2, -0.15) is 10.5 Å². The molecule has 0 aliphatic rings. The van der Waals surface area contributed by atoms with Gasteiger partial charge in [0.25, 0.3) is 0 Å². The summed E-state index contributed by atoms with van der Waals surface area (Å²) < 4.78 is 20.3. The van der Waals surface area contributed by atoms with Crippen LogP contribution in [0.1, 0.15) is 33.6 Å². The van der Waals surface area contributed by atoms with Crippen molar-refractivity contribution in [3.05, 3.63) is 71.6 Å². The zero-order chi connectivity index (χ0) is 40.2. The minimum Gasteiger partial charge on any atom is -0.383 e. The quantitative estimate of drug-likeness (QED) is 0.0727. The van der Waals surface area contributed by atoms with Crippen molar-refractivity contribution in [3.63, 3.8) is 0 Å². The lowest BCUT2D eigenvalue weighted by Crippen LogP contribution is -2.33. The molecule has 4 aromatic rings. The van der Waals surface area contributed by atoms with E-state index in [1.807, 2.05) is 12.1 Å². The molecule has 0 spiro atoms. The molecular weight excluding hydrogens is 716 g/mol. The third-order valence-electron chi connectivity index (χ3n) is 7.09. The van der Waals surface area contributed by atoms with Crippen molar-refractivity contribution in [2.75, 3.05) is 99.9 Å². The summed E-state index contributed by atoms with van der Waals surface area (Å²) in [6, 6.07) is 9.20. The molecule has 0 aliphatic carbocycles. The Morgan fingerprint density at radius 1 is 0.764 bits per heavy atom. The van der Waals surface area contributed by atoms with Crippen LogP contribution in [0.25, 0.3) is 0 Å². The van der Waals surface area contributed by atoms with E-state index >= 15 is 0 Å². The van der Waals surface area contributed by atoms with Gasteiger partial charge in [-0.1, -0.05) is 0 Å². The van der Waals surface area contributed by atoms with Crippen molar-refractivity contribution in [3.8, 4) is 12.1 Å². The number of anilines is 6. The molecule has 0 bridgehead atoms. The van der Waals surface area contributed by atoms with Crippen LogP contribution in [0.4, 0.5) is 44.5 Å². The van der Waals surface area contributed by atoms with E-state index in [1.54, 1.807) is 32.4 Å². The molecule has 4 amide bonds. The Kier molecular flexibility index (Phi) is 17.2. The fourth-order valence-electron chi connectivity index (χ4n) is 4.24. The van der Waals surface area contributed by atoms with Crippen LogP contribution in [0.3, 0.4) is 0 Å². The van der Waals surface area contributed by atoms with Gasteiger partial charge in [0.1, 0.15) is 35.2 Å². The van der Waals surface area contributed by atoms with Gasteiger partial charge in [0, 0.05) is 92.5 Å². The third kappa shape index (κ3) is 12.6. The predicted octanol–water partition coefficient (Wildman–Crippen LogP) is 3.04. The number of carbonyl (C=O) groups is 3. The summed E-state index contributed by atoms with van der Waals surface area (Å²) in [5.74, 6) is 0.737. The van der Waals surface area contributed by atoms with E-state index in [9.17, 15) is 19.6 Å². The van der Waals surface area contributed by atoms with E-state index in [4.69, 9.17) is 24.2 Å². The van der Waals surface area contributed by atoms with Crippen molar-refractivity contribution >= 4 is 53.3 Å². The van der Waals surface area contributed by atoms with Crippen LogP contribution in [0.2, 0.25) is 0 Å². The molecule has 21 nitrogen and oxygen atoms in total. The molecule has 0 aromatic carbocycles. The van der Waals surface area contributed by atoms with E-state index in [0.717, 1.165) is 4.90 Å². The molecule has 4 aromatic heterocycles. The van der Waals surface area contributed by atoms with Crippen LogP contribution < -0.4 is 31.1 Å². The molecule has 0 unspecified atom stereocenters. The number of aromatic nitrogens is 6. The van der Waals surface area contributed by atoms with E-state index in [1.165, 1.54) is 64.1 Å². The maximum Gasteiger partial charge on any atom is 0.329 e. The molecule has 0 atom stereocenters. The highest BCUT2D eigenvalue weighted by atomic mass is 16.7. The summed E-state index contributed by atoms with van der Waals surface area (Å²) in [5.41, 5.74) is 2.40. The van der Waals surface area contributed by atoms with Crippen LogP contribution in [0, 0.1) is 22.7 Å². The molecular formula is C34H40N14O7. The average molecular weight is 757 g/mol. The third-order valence-corrected chi connectivity index (χ3v) is 7.09. The molecule has 4 N–H and O–H groups in total. The molecule has 0 aliphatic heterocycles. The summed E-state index contributed by atoms with van der Waals surface area (Å²) in [5, 5.41) is 29.7. The second-order valence-electron chi connectivity index (χ2n) is 10.8. The number of ether oxygens (including phenoxy) is 4. The van der Waals surface area contributed by atoms with Gasteiger partial charge in [-0.05, 0) is 12.1 Å². The Labute approximate surface area is 316 Å². The Morgan fingerprint density at radius 2 is 1.24 bits per heavy atom. The number of rotatable bonds is 16. The Hall–Kier alpha value is -6.91. The lowest BCUT2D eigenvalue weighted by molar-refractivity contribution is -0.108. The highest BCUT2D eigenvalue weighted by Gasteiger charge is 2.19. The highest BCUT2D eigenvalue weighted by Crippen LogP contribution is 2.21. The largest absolute Gasteiger partial charge is 0.383 e. The summed E-state index contributed by atoms with van der Waals surface area (Å²) in [4.78, 5) is 62.5. The zero-order valence-corrected chi connectivity index (χ0v) is 30.9. The zero-order valence-electron chi connectivity index (χ0n) is 30.9. The maximum absolute atomic E-state index is 12.6. The molecule has 55 heavy (non-hydrogen) atoms. The molecule has 4 heterocycles. The SMILES string of the molecule is COCCNc1cc(NC(=O)N(C)c2nccc(C(OC)OC)n2)ncc1C#N.COCCNc1cc(NC(=O)N(C)c2nccc(C=O)n2)ncc1C#N. The summed E-state index contributed by atoms with van der Waals surface area (Å²) in [6.07, 6.45) is 5.52. The minimum absolute atomic E-state index is 0.0687. The van der Waals surface area contributed by atoms with E-state index < -0.39 is 18.4 Å².